The molecule has 0 bridgehead atoms. The van der Waals surface area contributed by atoms with Crippen molar-refractivity contribution in [1.82, 2.24) is 0 Å². The zero-order valence-electron chi connectivity index (χ0n) is 9.89. The highest BCUT2D eigenvalue weighted by atomic mass is 19.1. The molecule has 2 aromatic rings. The van der Waals surface area contributed by atoms with Crippen LogP contribution in [0.1, 0.15) is 0 Å². The van der Waals surface area contributed by atoms with E-state index in [0.29, 0.717) is 0 Å². The van der Waals surface area contributed by atoms with Crippen molar-refractivity contribution in [3.05, 3.63) is 52.3 Å². The van der Waals surface area contributed by atoms with Gasteiger partial charge in [0.15, 0.2) is 5.69 Å². The molecule has 0 fully saturated rings. The van der Waals surface area contributed by atoms with E-state index >= 15 is 0 Å². The van der Waals surface area contributed by atoms with Gasteiger partial charge >= 0.3 is 0 Å². The van der Waals surface area contributed by atoms with Crippen molar-refractivity contribution in [3.8, 4) is 11.5 Å². The summed E-state index contributed by atoms with van der Waals surface area (Å²) in [4.78, 5) is 9.97. The Kier molecular flexibility index (Phi) is 3.56. The van der Waals surface area contributed by atoms with E-state index in [1.54, 1.807) is 0 Å². The number of nitrogens with zero attached hydrogens (tertiary/aromatic N) is 3. The van der Waals surface area contributed by atoms with E-state index in [1.807, 2.05) is 0 Å². The molecule has 2 aromatic carbocycles. The number of hydrogen-bond acceptors (Lipinski definition) is 6. The smallest absolute Gasteiger partial charge is 0.299 e. The van der Waals surface area contributed by atoms with Crippen molar-refractivity contribution >= 4 is 17.1 Å². The van der Waals surface area contributed by atoms with E-state index in [1.165, 1.54) is 12.1 Å². The van der Waals surface area contributed by atoms with Gasteiger partial charge < -0.3 is 10.2 Å². The highest BCUT2D eigenvalue weighted by Gasteiger charge is 2.14. The number of phenolic OH excluding ortho intramolecular Hbond substituents is 2. The lowest BCUT2D eigenvalue weighted by molar-refractivity contribution is -0.384. The van der Waals surface area contributed by atoms with E-state index < -0.39 is 16.4 Å². The topological polar surface area (TPSA) is 108 Å². The molecule has 2 N–H and O–H groups in total. The van der Waals surface area contributed by atoms with Gasteiger partial charge in [-0.1, -0.05) is 0 Å². The number of nitro groups is 1. The maximum atomic E-state index is 12.9. The fourth-order valence-electron chi connectivity index (χ4n) is 1.43. The summed E-state index contributed by atoms with van der Waals surface area (Å²) in [6, 6.07) is 6.45. The lowest BCUT2D eigenvalue weighted by Gasteiger charge is -1.99. The Labute approximate surface area is 111 Å². The van der Waals surface area contributed by atoms with E-state index in [0.717, 1.165) is 24.3 Å². The standard InChI is InChI=1S/C12H8FN3O4/c13-7-1-3-9(11(5-7)16(19)20)14-15-10-4-2-8(17)6-12(10)18/h1-6,17-18H. The third-order valence-corrected chi connectivity index (χ3v) is 2.36. The molecule has 8 heteroatoms. The molecule has 0 heterocycles. The minimum absolute atomic E-state index is 0.0152. The molecule has 0 aliphatic rings. The first-order chi connectivity index (χ1) is 9.47. The maximum Gasteiger partial charge on any atom is 0.299 e. The summed E-state index contributed by atoms with van der Waals surface area (Å²) in [5.41, 5.74) is -0.669. The van der Waals surface area contributed by atoms with Gasteiger partial charge in [-0.3, -0.25) is 10.1 Å². The molecule has 0 unspecified atom stereocenters. The molecule has 0 saturated heterocycles. The molecule has 0 saturated carbocycles. The molecular weight excluding hydrogens is 269 g/mol. The lowest BCUT2D eigenvalue weighted by Crippen LogP contribution is -1.89. The first kappa shape index (κ1) is 13.4. The number of halogens is 1. The van der Waals surface area contributed by atoms with E-state index in [2.05, 4.69) is 10.2 Å². The lowest BCUT2D eigenvalue weighted by atomic mass is 10.2. The van der Waals surface area contributed by atoms with Crippen molar-refractivity contribution in [2.75, 3.05) is 0 Å². The molecule has 20 heavy (non-hydrogen) atoms. The third-order valence-electron chi connectivity index (χ3n) is 2.36. The Morgan fingerprint density at radius 2 is 1.70 bits per heavy atom. The minimum Gasteiger partial charge on any atom is -0.508 e. The summed E-state index contributed by atoms with van der Waals surface area (Å²) in [6.07, 6.45) is 0. The molecule has 0 spiro atoms. The van der Waals surface area contributed by atoms with Gasteiger partial charge in [-0.15, -0.1) is 10.2 Å². The second-order valence-corrected chi connectivity index (χ2v) is 3.76. The molecule has 0 aliphatic carbocycles. The monoisotopic (exact) mass is 277 g/mol. The van der Waals surface area contributed by atoms with Gasteiger partial charge in [0.25, 0.3) is 5.69 Å². The number of rotatable bonds is 3. The van der Waals surface area contributed by atoms with Crippen molar-refractivity contribution < 1.29 is 19.5 Å². The normalized spacial score (nSPS) is 10.8. The van der Waals surface area contributed by atoms with Crippen LogP contribution in [0.2, 0.25) is 0 Å². The van der Waals surface area contributed by atoms with Gasteiger partial charge in [-0.25, -0.2) is 4.39 Å². The van der Waals surface area contributed by atoms with Crippen LogP contribution in [-0.4, -0.2) is 15.1 Å². The molecule has 7 nitrogen and oxygen atoms in total. The van der Waals surface area contributed by atoms with Crippen LogP contribution in [0.4, 0.5) is 21.5 Å². The molecule has 0 aliphatic heterocycles. The Morgan fingerprint density at radius 3 is 2.35 bits per heavy atom. The van der Waals surface area contributed by atoms with Crippen LogP contribution in [0.5, 0.6) is 11.5 Å². The Balaban J connectivity index is 2.38. The summed E-state index contributed by atoms with van der Waals surface area (Å²) < 4.78 is 12.9. The van der Waals surface area contributed by atoms with Gasteiger partial charge in [0.05, 0.1) is 11.0 Å². The van der Waals surface area contributed by atoms with Crippen LogP contribution >= 0.6 is 0 Å². The summed E-state index contributed by atoms with van der Waals surface area (Å²) in [7, 11) is 0. The molecule has 0 amide bonds. The summed E-state index contributed by atoms with van der Waals surface area (Å²) >= 11 is 0. The van der Waals surface area contributed by atoms with Gasteiger partial charge in [-0.05, 0) is 24.3 Å². The van der Waals surface area contributed by atoms with Crippen molar-refractivity contribution in [1.29, 1.82) is 0 Å². The summed E-state index contributed by atoms with van der Waals surface area (Å²) in [5, 5.41) is 36.6. The Morgan fingerprint density at radius 1 is 1.05 bits per heavy atom. The average molecular weight is 277 g/mol. The number of phenols is 2. The van der Waals surface area contributed by atoms with Crippen LogP contribution in [0, 0.1) is 15.9 Å². The molecule has 102 valence electrons. The van der Waals surface area contributed by atoms with Crippen molar-refractivity contribution in [2.24, 2.45) is 10.2 Å². The maximum absolute atomic E-state index is 12.9. The average Bonchev–Trinajstić information content (AvgIpc) is 2.38. The predicted molar refractivity (Wildman–Crippen MR) is 67.0 cm³/mol. The summed E-state index contributed by atoms with van der Waals surface area (Å²) in [5.74, 6) is -1.25. The van der Waals surface area contributed by atoms with Crippen LogP contribution < -0.4 is 0 Å². The third kappa shape index (κ3) is 2.86. The van der Waals surface area contributed by atoms with E-state index in [9.17, 15) is 19.6 Å². The number of azo groups is 1. The fraction of sp³-hybridized carbons (Fsp3) is 0. The predicted octanol–water partition coefficient (Wildman–Crippen LogP) is 3.56. The number of nitro benzene ring substituents is 1. The zero-order valence-corrected chi connectivity index (χ0v) is 9.89. The fourth-order valence-corrected chi connectivity index (χ4v) is 1.43. The Hall–Kier alpha value is -3.03. The molecule has 0 atom stereocenters. The van der Waals surface area contributed by atoms with Gasteiger partial charge in [0, 0.05) is 6.07 Å². The summed E-state index contributed by atoms with van der Waals surface area (Å²) in [6.45, 7) is 0. The van der Waals surface area contributed by atoms with Crippen molar-refractivity contribution in [3.63, 3.8) is 0 Å². The molecule has 0 radical (unpaired) electrons. The number of aromatic hydroxyl groups is 2. The SMILES string of the molecule is O=[N+]([O-])c1cc(F)ccc1N=Nc1ccc(O)cc1O. The van der Waals surface area contributed by atoms with Gasteiger partial charge in [0.2, 0.25) is 0 Å². The van der Waals surface area contributed by atoms with Crippen molar-refractivity contribution in [2.45, 2.75) is 0 Å². The largest absolute Gasteiger partial charge is 0.508 e. The second kappa shape index (κ2) is 5.31. The minimum atomic E-state index is -0.784. The Bertz CT molecular complexity index is 703. The highest BCUT2D eigenvalue weighted by Crippen LogP contribution is 2.33. The molecule has 2 rings (SSSR count). The van der Waals surface area contributed by atoms with Crippen LogP contribution in [0.3, 0.4) is 0 Å². The van der Waals surface area contributed by atoms with E-state index in [4.69, 9.17) is 5.11 Å². The number of benzene rings is 2. The quantitative estimate of drug-likeness (QED) is 0.507. The first-order valence-corrected chi connectivity index (χ1v) is 5.35. The highest BCUT2D eigenvalue weighted by molar-refractivity contribution is 5.58. The first-order valence-electron chi connectivity index (χ1n) is 5.35. The van der Waals surface area contributed by atoms with Crippen LogP contribution in [0.25, 0.3) is 0 Å². The van der Waals surface area contributed by atoms with Gasteiger partial charge in [0.1, 0.15) is 23.0 Å². The second-order valence-electron chi connectivity index (χ2n) is 3.76. The molecular formula is C12H8FN3O4. The molecule has 0 aromatic heterocycles. The van der Waals surface area contributed by atoms with Crippen LogP contribution in [-0.2, 0) is 0 Å². The van der Waals surface area contributed by atoms with Gasteiger partial charge in [-0.2, -0.15) is 0 Å². The zero-order chi connectivity index (χ0) is 14.7. The number of hydrogen-bond donors (Lipinski definition) is 2. The van der Waals surface area contributed by atoms with E-state index in [-0.39, 0.29) is 22.9 Å². The van der Waals surface area contributed by atoms with Crippen LogP contribution in [0.15, 0.2) is 46.6 Å².